The van der Waals surface area contributed by atoms with Crippen molar-refractivity contribution in [2.24, 2.45) is 0 Å². The highest BCUT2D eigenvalue weighted by atomic mass is 19.1. The van der Waals surface area contributed by atoms with Crippen molar-refractivity contribution in [3.8, 4) is 5.75 Å². The zero-order valence-corrected chi connectivity index (χ0v) is 8.78. The third kappa shape index (κ3) is 1.91. The standard InChI is InChI=1S/C12H12FNO2/c1-2-11(15)14-6-7-16-12-9(8-14)4-3-5-10(12)13/h2-5H,1,6-8H2. The monoisotopic (exact) mass is 221 g/mol. The van der Waals surface area contributed by atoms with E-state index in [1.807, 2.05) is 0 Å². The van der Waals surface area contributed by atoms with Gasteiger partial charge >= 0.3 is 0 Å². The van der Waals surface area contributed by atoms with Gasteiger partial charge in [-0.05, 0) is 12.1 Å². The summed E-state index contributed by atoms with van der Waals surface area (Å²) in [6, 6.07) is 4.72. The van der Waals surface area contributed by atoms with Crippen molar-refractivity contribution in [3.63, 3.8) is 0 Å². The van der Waals surface area contributed by atoms with Crippen molar-refractivity contribution < 1.29 is 13.9 Å². The lowest BCUT2D eigenvalue weighted by molar-refractivity contribution is -0.126. The Morgan fingerprint density at radius 1 is 1.56 bits per heavy atom. The molecule has 1 heterocycles. The van der Waals surface area contributed by atoms with Crippen LogP contribution in [0.1, 0.15) is 5.56 Å². The number of fused-ring (bicyclic) bond motifs is 1. The topological polar surface area (TPSA) is 29.5 Å². The van der Waals surface area contributed by atoms with Crippen LogP contribution in [0.15, 0.2) is 30.9 Å². The molecule has 84 valence electrons. The van der Waals surface area contributed by atoms with E-state index in [4.69, 9.17) is 4.74 Å². The van der Waals surface area contributed by atoms with Crippen LogP contribution in [-0.2, 0) is 11.3 Å². The molecule has 4 heteroatoms. The molecule has 0 bridgehead atoms. The number of benzene rings is 1. The molecule has 1 amide bonds. The molecule has 0 saturated carbocycles. The van der Waals surface area contributed by atoms with Crippen LogP contribution in [0.25, 0.3) is 0 Å². The maximum absolute atomic E-state index is 13.4. The fourth-order valence-corrected chi connectivity index (χ4v) is 1.70. The average molecular weight is 221 g/mol. The Balaban J connectivity index is 2.31. The van der Waals surface area contributed by atoms with Crippen LogP contribution >= 0.6 is 0 Å². The van der Waals surface area contributed by atoms with Gasteiger partial charge in [0.05, 0.1) is 6.54 Å². The van der Waals surface area contributed by atoms with Crippen molar-refractivity contribution in [2.45, 2.75) is 6.54 Å². The Kier molecular flexibility index (Phi) is 2.90. The molecule has 0 unspecified atom stereocenters. The van der Waals surface area contributed by atoms with E-state index in [1.54, 1.807) is 17.0 Å². The second-order valence-electron chi connectivity index (χ2n) is 3.54. The Labute approximate surface area is 93.1 Å². The predicted octanol–water partition coefficient (Wildman–Crippen LogP) is 1.73. The highest BCUT2D eigenvalue weighted by Gasteiger charge is 2.19. The van der Waals surface area contributed by atoms with Gasteiger partial charge in [0, 0.05) is 12.1 Å². The van der Waals surface area contributed by atoms with E-state index in [0.717, 1.165) is 0 Å². The van der Waals surface area contributed by atoms with Crippen molar-refractivity contribution >= 4 is 5.91 Å². The Bertz CT molecular complexity index is 431. The molecule has 0 aliphatic carbocycles. The highest BCUT2D eigenvalue weighted by Crippen LogP contribution is 2.26. The normalized spacial score (nSPS) is 14.7. The number of hydrogen-bond donors (Lipinski definition) is 0. The molecule has 1 aromatic carbocycles. The lowest BCUT2D eigenvalue weighted by atomic mass is 10.2. The molecular weight excluding hydrogens is 209 g/mol. The van der Waals surface area contributed by atoms with Gasteiger partial charge in [-0.3, -0.25) is 4.79 Å². The SMILES string of the molecule is C=CC(=O)N1CCOc2c(F)cccc2C1. The predicted molar refractivity (Wildman–Crippen MR) is 57.5 cm³/mol. The summed E-state index contributed by atoms with van der Waals surface area (Å²) >= 11 is 0. The van der Waals surface area contributed by atoms with Gasteiger partial charge in [-0.2, -0.15) is 0 Å². The number of nitrogens with zero attached hydrogens (tertiary/aromatic N) is 1. The van der Waals surface area contributed by atoms with Gasteiger partial charge in [-0.15, -0.1) is 0 Å². The molecule has 0 atom stereocenters. The summed E-state index contributed by atoms with van der Waals surface area (Å²) < 4.78 is 18.7. The molecule has 0 saturated heterocycles. The van der Waals surface area contributed by atoms with Crippen molar-refractivity contribution in [3.05, 3.63) is 42.2 Å². The van der Waals surface area contributed by atoms with E-state index in [2.05, 4.69) is 6.58 Å². The Hall–Kier alpha value is -1.84. The molecule has 0 N–H and O–H groups in total. The van der Waals surface area contributed by atoms with E-state index in [9.17, 15) is 9.18 Å². The second kappa shape index (κ2) is 4.35. The first-order valence-electron chi connectivity index (χ1n) is 5.04. The van der Waals surface area contributed by atoms with Gasteiger partial charge in [0.1, 0.15) is 6.61 Å². The Morgan fingerprint density at radius 2 is 2.38 bits per heavy atom. The summed E-state index contributed by atoms with van der Waals surface area (Å²) in [5, 5.41) is 0. The van der Waals surface area contributed by atoms with E-state index in [-0.39, 0.29) is 17.5 Å². The summed E-state index contributed by atoms with van der Waals surface area (Å²) in [7, 11) is 0. The number of rotatable bonds is 1. The lowest BCUT2D eigenvalue weighted by Crippen LogP contribution is -2.30. The molecule has 1 aliphatic heterocycles. The minimum absolute atomic E-state index is 0.166. The van der Waals surface area contributed by atoms with Crippen LogP contribution in [0.2, 0.25) is 0 Å². The smallest absolute Gasteiger partial charge is 0.246 e. The molecule has 0 radical (unpaired) electrons. The first-order chi connectivity index (χ1) is 7.72. The molecule has 16 heavy (non-hydrogen) atoms. The maximum atomic E-state index is 13.4. The van der Waals surface area contributed by atoms with Crippen LogP contribution in [0.5, 0.6) is 5.75 Å². The molecule has 2 rings (SSSR count). The molecule has 3 nitrogen and oxygen atoms in total. The van der Waals surface area contributed by atoms with Gasteiger partial charge in [0.15, 0.2) is 11.6 Å². The summed E-state index contributed by atoms with van der Waals surface area (Å²) in [5.41, 5.74) is 0.688. The van der Waals surface area contributed by atoms with Crippen molar-refractivity contribution in [1.29, 1.82) is 0 Å². The molecule has 0 fully saturated rings. The van der Waals surface area contributed by atoms with Crippen molar-refractivity contribution in [1.82, 2.24) is 4.90 Å². The zero-order valence-electron chi connectivity index (χ0n) is 8.78. The van der Waals surface area contributed by atoms with E-state index in [1.165, 1.54) is 12.1 Å². The molecule has 0 aromatic heterocycles. The molecular formula is C12H12FNO2. The third-order valence-electron chi connectivity index (χ3n) is 2.50. The van der Waals surface area contributed by atoms with E-state index < -0.39 is 0 Å². The van der Waals surface area contributed by atoms with Gasteiger partial charge < -0.3 is 9.64 Å². The van der Waals surface area contributed by atoms with Crippen LogP contribution in [-0.4, -0.2) is 24.0 Å². The van der Waals surface area contributed by atoms with Crippen LogP contribution in [0.4, 0.5) is 4.39 Å². The quantitative estimate of drug-likeness (QED) is 0.676. The van der Waals surface area contributed by atoms with Gasteiger partial charge in [0.25, 0.3) is 0 Å². The fourth-order valence-electron chi connectivity index (χ4n) is 1.70. The molecule has 1 aromatic rings. The largest absolute Gasteiger partial charge is 0.488 e. The number of para-hydroxylation sites is 1. The van der Waals surface area contributed by atoms with Crippen LogP contribution in [0.3, 0.4) is 0 Å². The second-order valence-corrected chi connectivity index (χ2v) is 3.54. The van der Waals surface area contributed by atoms with Crippen LogP contribution in [0, 0.1) is 5.82 Å². The summed E-state index contributed by atoms with van der Waals surface area (Å²) in [6.45, 7) is 4.54. The minimum atomic E-state index is -0.384. The number of carbonyl (C=O) groups is 1. The zero-order chi connectivity index (χ0) is 11.5. The first-order valence-corrected chi connectivity index (χ1v) is 5.04. The highest BCUT2D eigenvalue weighted by molar-refractivity contribution is 5.87. The lowest BCUT2D eigenvalue weighted by Gasteiger charge is -2.17. The summed E-state index contributed by atoms with van der Waals surface area (Å²) in [5.74, 6) is -0.298. The van der Waals surface area contributed by atoms with E-state index in [0.29, 0.717) is 25.3 Å². The van der Waals surface area contributed by atoms with Crippen molar-refractivity contribution in [2.75, 3.05) is 13.2 Å². The number of hydrogen-bond acceptors (Lipinski definition) is 2. The number of halogens is 1. The Morgan fingerprint density at radius 3 is 3.12 bits per heavy atom. The summed E-state index contributed by atoms with van der Waals surface area (Å²) in [6.07, 6.45) is 1.25. The summed E-state index contributed by atoms with van der Waals surface area (Å²) in [4.78, 5) is 13.1. The van der Waals surface area contributed by atoms with Gasteiger partial charge in [-0.25, -0.2) is 4.39 Å². The molecule has 1 aliphatic rings. The van der Waals surface area contributed by atoms with Gasteiger partial charge in [-0.1, -0.05) is 18.7 Å². The van der Waals surface area contributed by atoms with Gasteiger partial charge in [0.2, 0.25) is 5.91 Å². The van der Waals surface area contributed by atoms with E-state index >= 15 is 0 Å². The van der Waals surface area contributed by atoms with Crippen LogP contribution < -0.4 is 4.74 Å². The first kappa shape index (κ1) is 10.7. The maximum Gasteiger partial charge on any atom is 0.246 e. The average Bonchev–Trinajstić information content (AvgIpc) is 2.51. The number of ether oxygens (including phenoxy) is 1. The minimum Gasteiger partial charge on any atom is -0.488 e. The fraction of sp³-hybridized carbons (Fsp3) is 0.250. The number of carbonyl (C=O) groups excluding carboxylic acids is 1. The number of amides is 1. The molecule has 0 spiro atoms. The third-order valence-corrected chi connectivity index (χ3v) is 2.50.